The van der Waals surface area contributed by atoms with Crippen molar-refractivity contribution in [3.63, 3.8) is 0 Å². The number of azo groups is 1. The summed E-state index contributed by atoms with van der Waals surface area (Å²) in [6.45, 7) is 0. The van der Waals surface area contributed by atoms with Gasteiger partial charge in [0.2, 0.25) is 0 Å². The van der Waals surface area contributed by atoms with Crippen LogP contribution >= 0.6 is 0 Å². The highest BCUT2D eigenvalue weighted by molar-refractivity contribution is 5.96. The van der Waals surface area contributed by atoms with Gasteiger partial charge in [0.05, 0.1) is 16.8 Å². The van der Waals surface area contributed by atoms with Crippen LogP contribution in [0, 0.1) is 11.6 Å². The van der Waals surface area contributed by atoms with Crippen LogP contribution in [0.15, 0.2) is 40.6 Å². The highest BCUT2D eigenvalue weighted by Gasteiger charge is 2.14. The maximum absolute atomic E-state index is 13.2. The Bertz CT molecular complexity index is 813. The van der Waals surface area contributed by atoms with E-state index in [9.17, 15) is 18.4 Å². The molecule has 0 aromatic heterocycles. The number of benzene rings is 2. The average molecular weight is 322 g/mol. The smallest absolute Gasteiger partial charge is 0.337 e. The van der Waals surface area contributed by atoms with Gasteiger partial charge in [0.1, 0.15) is 5.69 Å². The molecule has 3 N–H and O–H groups in total. The van der Waals surface area contributed by atoms with Gasteiger partial charge in [0.15, 0.2) is 17.4 Å². The lowest BCUT2D eigenvalue weighted by molar-refractivity contribution is 0.0682. The van der Waals surface area contributed by atoms with Crippen LogP contribution in [-0.4, -0.2) is 27.3 Å². The number of halogens is 2. The van der Waals surface area contributed by atoms with E-state index in [2.05, 4.69) is 10.2 Å². The number of rotatable bonds is 4. The van der Waals surface area contributed by atoms with Crippen LogP contribution in [0.25, 0.3) is 0 Å². The molecule has 0 amide bonds. The molecule has 0 spiro atoms. The van der Waals surface area contributed by atoms with Crippen molar-refractivity contribution >= 4 is 23.3 Å². The fraction of sp³-hybridized carbons (Fsp3) is 0. The summed E-state index contributed by atoms with van der Waals surface area (Å²) in [5.74, 6) is -6.39. The molecule has 0 heterocycles. The van der Waals surface area contributed by atoms with Gasteiger partial charge in [-0.1, -0.05) is 0 Å². The van der Waals surface area contributed by atoms with Crippen molar-refractivity contribution in [3.8, 4) is 5.75 Å². The molecule has 118 valence electrons. The van der Waals surface area contributed by atoms with Crippen LogP contribution in [0.5, 0.6) is 5.75 Å². The van der Waals surface area contributed by atoms with E-state index in [-0.39, 0.29) is 22.5 Å². The normalized spacial score (nSPS) is 10.9. The SMILES string of the molecule is O=C(O)c1ccc(C(=O)O)c(/N=N/c2cc(F)c(O)c(F)c2)c1. The Morgan fingerprint density at radius 3 is 2.04 bits per heavy atom. The van der Waals surface area contributed by atoms with Crippen molar-refractivity contribution in [2.45, 2.75) is 0 Å². The van der Waals surface area contributed by atoms with E-state index in [1.54, 1.807) is 0 Å². The molecule has 9 heteroatoms. The van der Waals surface area contributed by atoms with Crippen LogP contribution < -0.4 is 0 Å². The molecule has 0 aliphatic rings. The molecule has 2 aromatic rings. The molecule has 0 fully saturated rings. The van der Waals surface area contributed by atoms with Gasteiger partial charge < -0.3 is 15.3 Å². The van der Waals surface area contributed by atoms with E-state index in [0.29, 0.717) is 12.1 Å². The average Bonchev–Trinajstić information content (AvgIpc) is 2.49. The molecule has 2 rings (SSSR count). The molecule has 0 saturated carbocycles. The van der Waals surface area contributed by atoms with Gasteiger partial charge in [-0.05, 0) is 18.2 Å². The van der Waals surface area contributed by atoms with E-state index in [4.69, 9.17) is 15.3 Å². The number of phenolic OH excluding ortho intramolecular Hbond substituents is 1. The number of nitrogens with zero attached hydrogens (tertiary/aromatic N) is 2. The Morgan fingerprint density at radius 1 is 0.913 bits per heavy atom. The number of carbonyl (C=O) groups is 2. The third kappa shape index (κ3) is 3.46. The highest BCUT2D eigenvalue weighted by Crippen LogP contribution is 2.28. The van der Waals surface area contributed by atoms with Gasteiger partial charge in [-0.3, -0.25) is 0 Å². The van der Waals surface area contributed by atoms with Gasteiger partial charge in [0.25, 0.3) is 0 Å². The van der Waals surface area contributed by atoms with Crippen LogP contribution in [-0.2, 0) is 0 Å². The zero-order valence-electron chi connectivity index (χ0n) is 11.2. The molecule has 0 radical (unpaired) electrons. The maximum atomic E-state index is 13.2. The molecule has 2 aromatic carbocycles. The Hall–Kier alpha value is -3.36. The summed E-state index contributed by atoms with van der Waals surface area (Å²) in [4.78, 5) is 22.0. The number of phenols is 1. The Morgan fingerprint density at radius 2 is 1.52 bits per heavy atom. The van der Waals surface area contributed by atoms with Crippen LogP contribution in [0.1, 0.15) is 20.7 Å². The van der Waals surface area contributed by atoms with Crippen molar-refractivity contribution in [1.29, 1.82) is 0 Å². The van der Waals surface area contributed by atoms with Crippen LogP contribution in [0.4, 0.5) is 20.2 Å². The summed E-state index contributed by atoms with van der Waals surface area (Å²) >= 11 is 0. The van der Waals surface area contributed by atoms with Crippen molar-refractivity contribution in [2.24, 2.45) is 10.2 Å². The van der Waals surface area contributed by atoms with E-state index in [0.717, 1.165) is 18.2 Å². The first-order chi connectivity index (χ1) is 10.8. The van der Waals surface area contributed by atoms with Crippen LogP contribution in [0.2, 0.25) is 0 Å². The minimum atomic E-state index is -1.38. The molecule has 0 aliphatic heterocycles. The number of hydrogen-bond donors (Lipinski definition) is 3. The van der Waals surface area contributed by atoms with Gasteiger partial charge >= 0.3 is 11.9 Å². The van der Waals surface area contributed by atoms with Gasteiger partial charge in [-0.15, -0.1) is 5.11 Å². The molecule has 0 unspecified atom stereocenters. The highest BCUT2D eigenvalue weighted by atomic mass is 19.1. The van der Waals surface area contributed by atoms with Crippen molar-refractivity contribution in [3.05, 3.63) is 53.1 Å². The number of aromatic carboxylic acids is 2. The predicted octanol–water partition coefficient (Wildman–Crippen LogP) is 3.48. The third-order valence-corrected chi connectivity index (χ3v) is 2.75. The molecule has 7 nitrogen and oxygen atoms in total. The number of aromatic hydroxyl groups is 1. The van der Waals surface area contributed by atoms with E-state index < -0.39 is 29.3 Å². The first-order valence-corrected chi connectivity index (χ1v) is 6.00. The standard InChI is InChI=1S/C14H8F2N2O5/c15-9-4-7(5-10(16)12(9)19)17-18-11-3-6(13(20)21)1-2-8(11)14(22)23/h1-5,19H,(H,20,21)(H,22,23)/b18-17+. The second-order valence-electron chi connectivity index (χ2n) is 4.30. The zero-order chi connectivity index (χ0) is 17.1. The van der Waals surface area contributed by atoms with Gasteiger partial charge in [-0.2, -0.15) is 5.11 Å². The number of carboxylic acid groups (broad SMARTS) is 2. The quantitative estimate of drug-likeness (QED) is 0.744. The topological polar surface area (TPSA) is 120 Å². The summed E-state index contributed by atoms with van der Waals surface area (Å²) in [6.07, 6.45) is 0. The largest absolute Gasteiger partial charge is 0.503 e. The van der Waals surface area contributed by atoms with Gasteiger partial charge in [0, 0.05) is 12.1 Å². The minimum Gasteiger partial charge on any atom is -0.503 e. The summed E-state index contributed by atoms with van der Waals surface area (Å²) in [5.41, 5.74) is -1.19. The molecular formula is C14H8F2N2O5. The van der Waals surface area contributed by atoms with Crippen molar-refractivity contribution in [2.75, 3.05) is 0 Å². The van der Waals surface area contributed by atoms with Crippen molar-refractivity contribution < 1.29 is 33.7 Å². The molecule has 0 saturated heterocycles. The lowest BCUT2D eigenvalue weighted by Crippen LogP contribution is -2.00. The Balaban J connectivity index is 2.47. The molecular weight excluding hydrogens is 314 g/mol. The fourth-order valence-corrected chi connectivity index (χ4v) is 1.65. The first-order valence-electron chi connectivity index (χ1n) is 6.00. The van der Waals surface area contributed by atoms with Gasteiger partial charge in [-0.25, -0.2) is 18.4 Å². The van der Waals surface area contributed by atoms with Crippen molar-refractivity contribution in [1.82, 2.24) is 0 Å². The summed E-state index contributed by atoms with van der Waals surface area (Å²) < 4.78 is 26.4. The fourth-order valence-electron chi connectivity index (χ4n) is 1.65. The third-order valence-electron chi connectivity index (χ3n) is 2.75. The summed E-state index contributed by atoms with van der Waals surface area (Å²) in [6, 6.07) is 4.43. The summed E-state index contributed by atoms with van der Waals surface area (Å²) in [7, 11) is 0. The lowest BCUT2D eigenvalue weighted by atomic mass is 10.1. The second kappa shape index (κ2) is 6.18. The second-order valence-corrected chi connectivity index (χ2v) is 4.30. The molecule has 0 bridgehead atoms. The summed E-state index contributed by atoms with van der Waals surface area (Å²) in [5, 5.41) is 33.8. The molecule has 0 aliphatic carbocycles. The Kier molecular flexibility index (Phi) is 4.30. The van der Waals surface area contributed by atoms with E-state index in [1.807, 2.05) is 0 Å². The number of hydrogen-bond acceptors (Lipinski definition) is 5. The minimum absolute atomic E-state index is 0.230. The van der Waals surface area contributed by atoms with Crippen LogP contribution in [0.3, 0.4) is 0 Å². The molecule has 23 heavy (non-hydrogen) atoms. The predicted molar refractivity (Wildman–Crippen MR) is 72.6 cm³/mol. The monoisotopic (exact) mass is 322 g/mol. The maximum Gasteiger partial charge on any atom is 0.337 e. The zero-order valence-corrected chi connectivity index (χ0v) is 11.2. The van der Waals surface area contributed by atoms with E-state index in [1.165, 1.54) is 0 Å². The molecule has 0 atom stereocenters. The first kappa shape index (κ1) is 16.0. The number of carboxylic acids is 2. The van der Waals surface area contributed by atoms with E-state index >= 15 is 0 Å². The lowest BCUT2D eigenvalue weighted by Gasteiger charge is -2.02. The Labute approximate surface area is 127 Å².